The summed E-state index contributed by atoms with van der Waals surface area (Å²) in [5.74, 6) is 0. The van der Waals surface area contributed by atoms with Crippen LogP contribution in [0.2, 0.25) is 0 Å². The molecule has 0 aliphatic rings. The standard InChI is InChI=1S/2Co.Fe.3Li.3Mn.2Ni.2H3O4P.2H/c;;;;;;;;;;;2*1-5(2,3)4;;/h;;;;;;;;;;;2*(H3,1,2,3,4);;/q;;+3;;;+1;;;+2;;;;;;/p-6. The Morgan fingerprint density at radius 1 is 0.619 bits per heavy atom. The Bertz CT molecular complexity index is 165. The van der Waals surface area contributed by atoms with Crippen molar-refractivity contribution >= 4 is 53.4 Å². The van der Waals surface area contributed by atoms with Crippen molar-refractivity contribution in [2.24, 2.45) is 0 Å². The molecule has 0 saturated carbocycles. The van der Waals surface area contributed by atoms with Gasteiger partial charge in [0.25, 0.3) is 0 Å². The van der Waals surface area contributed by atoms with Gasteiger partial charge in [0, 0.05) is 101 Å². The van der Waals surface area contributed by atoms with Gasteiger partial charge in [0.05, 0.1) is 0 Å². The van der Waals surface area contributed by atoms with Crippen LogP contribution in [-0.4, -0.2) is 37.7 Å². The van der Waals surface area contributed by atoms with Gasteiger partial charge in [0.2, 0.25) is 0 Å². The first-order valence-corrected chi connectivity index (χ1v) is 4.38. The molecule has 0 heterocycles. The molecule has 0 saturated heterocycles. The Labute approximate surface area is 241 Å². The summed E-state index contributed by atoms with van der Waals surface area (Å²) in [6, 6.07) is 0. The van der Waals surface area contributed by atoms with Gasteiger partial charge in [0.15, 0.2) is 0 Å². The van der Waals surface area contributed by atoms with Crippen molar-refractivity contribution in [2.75, 3.05) is 0 Å². The Morgan fingerprint density at radius 3 is 0.619 bits per heavy atom. The van der Waals surface area contributed by atoms with Crippen LogP contribution in [-0.2, 0) is 144 Å². The summed E-state index contributed by atoms with van der Waals surface area (Å²) in [5, 5.41) is 0. The summed E-state index contributed by atoms with van der Waals surface area (Å²) in [6.07, 6.45) is 0. The normalized spacial score (nSPS) is 5.62. The SMILES string of the molecule is O=P([O-])([O-])[O-].O=P([O-])([O-])[O-].[Co].[Co].[Fe+3].[Li+].[LiH].[LiH].[Mn+2].[Mn].[Mn].[Ni].[Ni]. The fraction of sp³-hybridized carbons (Fsp3) is 0. The van der Waals surface area contributed by atoms with Crippen molar-refractivity contribution in [3.63, 3.8) is 0 Å². The van der Waals surface area contributed by atoms with E-state index in [0.717, 1.165) is 0 Å². The third kappa shape index (κ3) is 408. The molecule has 0 unspecified atom stereocenters. The van der Waals surface area contributed by atoms with Gasteiger partial charge in [-0.1, -0.05) is 0 Å². The first-order valence-electron chi connectivity index (χ1n) is 1.46. The van der Waals surface area contributed by atoms with E-state index >= 15 is 0 Å². The third-order valence-corrected chi connectivity index (χ3v) is 0. The largest absolute Gasteiger partial charge is 2.00 e. The van der Waals surface area contributed by atoms with Crippen molar-refractivity contribution in [3.8, 4) is 0 Å². The average Bonchev–Trinajstić information content (AvgIpc) is 1.12. The molecule has 0 aromatic carbocycles. The third-order valence-electron chi connectivity index (χ3n) is 0. The summed E-state index contributed by atoms with van der Waals surface area (Å²) in [4.78, 5) is 51.3. The van der Waals surface area contributed by atoms with Crippen LogP contribution in [0.3, 0.4) is 0 Å². The molecule has 0 aliphatic carbocycles. The molecule has 0 N–H and O–H groups in total. The molecule has 130 valence electrons. The van der Waals surface area contributed by atoms with Crippen molar-refractivity contribution in [1.82, 2.24) is 0 Å². The molecular weight excluding hydrogens is 667 g/mol. The minimum absolute atomic E-state index is 0. The molecule has 0 rings (SSSR count). The van der Waals surface area contributed by atoms with Crippen LogP contribution in [0.15, 0.2) is 0 Å². The molecule has 0 fully saturated rings. The van der Waals surface area contributed by atoms with E-state index in [1.54, 1.807) is 0 Å². The van der Waals surface area contributed by atoms with Crippen molar-refractivity contribution in [2.45, 2.75) is 0 Å². The summed E-state index contributed by atoms with van der Waals surface area (Å²) in [6.45, 7) is 0. The maximum Gasteiger partial charge on any atom is 2.00 e. The van der Waals surface area contributed by atoms with E-state index in [2.05, 4.69) is 0 Å². The van der Waals surface area contributed by atoms with E-state index in [1.807, 2.05) is 0 Å². The average molecular weight is 669 g/mol. The summed E-state index contributed by atoms with van der Waals surface area (Å²) in [7, 11) is -10.8. The second-order valence-electron chi connectivity index (χ2n) is 0.894. The number of hydrogen-bond donors (Lipinski definition) is 0. The van der Waals surface area contributed by atoms with Crippen molar-refractivity contribution < 1.29 is 192 Å². The zero-order valence-electron chi connectivity index (χ0n) is 7.95. The van der Waals surface area contributed by atoms with E-state index < -0.39 is 15.6 Å². The van der Waals surface area contributed by atoms with E-state index in [4.69, 9.17) is 38.5 Å². The minimum atomic E-state index is -5.39. The predicted octanol–water partition coefficient (Wildman–Crippen LogP) is -9.96. The van der Waals surface area contributed by atoms with Gasteiger partial charge in [-0.3, -0.25) is 0 Å². The molecule has 0 bridgehead atoms. The molecule has 6 radical (unpaired) electrons. The molecule has 0 atom stereocenters. The van der Waals surface area contributed by atoms with Crippen LogP contribution in [0, 0.1) is 0 Å². The van der Waals surface area contributed by atoms with Crippen LogP contribution in [0.4, 0.5) is 0 Å². The topological polar surface area (TPSA) is 172 Å². The van der Waals surface area contributed by atoms with Gasteiger partial charge in [0.1, 0.15) is 0 Å². The fourth-order valence-electron chi connectivity index (χ4n) is 0. The molecule has 21 heavy (non-hydrogen) atoms. The van der Waals surface area contributed by atoms with Gasteiger partial charge < -0.3 is 38.5 Å². The summed E-state index contributed by atoms with van der Waals surface area (Å²) >= 11 is 0. The number of hydrogen-bond acceptors (Lipinski definition) is 8. The van der Waals surface area contributed by atoms with Gasteiger partial charge >= 0.3 is 90.7 Å². The zero-order chi connectivity index (χ0) is 9.00. The molecule has 8 nitrogen and oxygen atoms in total. The zero-order valence-corrected chi connectivity index (χ0v) is 18.4. The monoisotopic (exact) mass is 667 g/mol. The van der Waals surface area contributed by atoms with E-state index in [9.17, 15) is 0 Å². The molecule has 0 aliphatic heterocycles. The predicted molar refractivity (Wildman–Crippen MR) is 29.5 cm³/mol. The molecule has 21 heteroatoms. The summed E-state index contributed by atoms with van der Waals surface area (Å²) < 4.78 is 17.1. The Kier molecular flexibility index (Phi) is 222. The maximum absolute atomic E-state index is 8.55. The molecule has 0 amide bonds. The van der Waals surface area contributed by atoms with Crippen LogP contribution >= 0.6 is 15.6 Å². The first-order chi connectivity index (χ1) is 4.00. The van der Waals surface area contributed by atoms with Crippen molar-refractivity contribution in [1.29, 1.82) is 0 Å². The Hall–Kier alpha value is 6.09. The summed E-state index contributed by atoms with van der Waals surface area (Å²) in [5.41, 5.74) is 0. The number of phosphoric acid groups is 2. The Balaban J connectivity index is -0.00000000364. The van der Waals surface area contributed by atoms with Gasteiger partial charge in [-0.05, 0) is 0 Å². The van der Waals surface area contributed by atoms with Gasteiger partial charge in [-0.2, -0.15) is 15.6 Å². The smallest absolute Gasteiger partial charge is 0 e. The molecule has 0 spiro atoms. The molecular formula is H2Co2FeLi3Mn3Ni2O8P2. The van der Waals surface area contributed by atoms with Crippen LogP contribution < -0.4 is 48.2 Å². The second kappa shape index (κ2) is 50.2. The van der Waals surface area contributed by atoms with Crippen LogP contribution in [0.5, 0.6) is 0 Å². The first kappa shape index (κ1) is 92.9. The minimum Gasteiger partial charge on any atom is 0 e. The Morgan fingerprint density at radius 2 is 0.619 bits per heavy atom. The maximum atomic E-state index is 8.55. The molecule has 0 aromatic rings. The van der Waals surface area contributed by atoms with Gasteiger partial charge in [-0.15, -0.1) is 0 Å². The van der Waals surface area contributed by atoms with E-state index in [0.29, 0.717) is 0 Å². The van der Waals surface area contributed by atoms with Crippen molar-refractivity contribution in [3.05, 3.63) is 0 Å². The quantitative estimate of drug-likeness (QED) is 0.181. The van der Waals surface area contributed by atoms with E-state index in [-0.39, 0.29) is 191 Å². The van der Waals surface area contributed by atoms with Crippen LogP contribution in [0.25, 0.3) is 0 Å². The fourth-order valence-corrected chi connectivity index (χ4v) is 0. The second-order valence-corrected chi connectivity index (χ2v) is 2.68. The van der Waals surface area contributed by atoms with E-state index in [1.165, 1.54) is 0 Å². The molecule has 0 aromatic heterocycles. The van der Waals surface area contributed by atoms with Gasteiger partial charge in [-0.25, -0.2) is 0 Å². The van der Waals surface area contributed by atoms with Crippen LogP contribution in [0.1, 0.15) is 0 Å². The number of rotatable bonds is 0.